The minimum absolute atomic E-state index is 0.0220. The number of likely N-dealkylation sites (tertiary alicyclic amines) is 1. The van der Waals surface area contributed by atoms with Gasteiger partial charge < -0.3 is 5.32 Å². The standard InChI is InChI=1S/C16H24N6O/c1-13-14(10-19-20(13)3)11-21-8-4-6-16(12-21,15(23)17-2)22-9-5-7-18-22/h5,7,9-10H,4,6,8,11-12H2,1-3H3,(H,17,23). The van der Waals surface area contributed by atoms with Crippen molar-refractivity contribution in [2.75, 3.05) is 20.1 Å². The number of nitrogens with zero attached hydrogens (tertiary/aromatic N) is 5. The highest BCUT2D eigenvalue weighted by Crippen LogP contribution is 2.29. The van der Waals surface area contributed by atoms with E-state index in [1.807, 2.05) is 34.9 Å². The first kappa shape index (κ1) is 15.7. The number of carbonyl (C=O) groups is 1. The van der Waals surface area contributed by atoms with Crippen LogP contribution >= 0.6 is 0 Å². The highest BCUT2D eigenvalue weighted by atomic mass is 16.2. The predicted molar refractivity (Wildman–Crippen MR) is 86.7 cm³/mol. The summed E-state index contributed by atoms with van der Waals surface area (Å²) in [6.45, 7) is 4.52. The molecule has 1 amide bonds. The Hall–Kier alpha value is -2.15. The van der Waals surface area contributed by atoms with Crippen molar-refractivity contribution in [3.05, 3.63) is 35.9 Å². The topological polar surface area (TPSA) is 68.0 Å². The first-order chi connectivity index (χ1) is 11.1. The Morgan fingerprint density at radius 3 is 2.87 bits per heavy atom. The predicted octanol–water partition coefficient (Wildman–Crippen LogP) is 0.662. The van der Waals surface area contributed by atoms with Gasteiger partial charge >= 0.3 is 0 Å². The molecule has 1 unspecified atom stereocenters. The molecule has 7 nitrogen and oxygen atoms in total. The average Bonchev–Trinajstić information content (AvgIpc) is 3.20. The normalized spacial score (nSPS) is 22.2. The minimum atomic E-state index is -0.632. The quantitative estimate of drug-likeness (QED) is 0.900. The summed E-state index contributed by atoms with van der Waals surface area (Å²) >= 11 is 0. The molecule has 3 heterocycles. The van der Waals surface area contributed by atoms with Crippen LogP contribution in [0.25, 0.3) is 0 Å². The van der Waals surface area contributed by atoms with Crippen LogP contribution < -0.4 is 5.32 Å². The molecule has 124 valence electrons. The van der Waals surface area contributed by atoms with Crippen molar-refractivity contribution in [1.29, 1.82) is 0 Å². The summed E-state index contributed by atoms with van der Waals surface area (Å²) in [5.41, 5.74) is 1.74. The number of aromatic nitrogens is 4. The number of nitrogens with one attached hydrogen (secondary N) is 1. The lowest BCUT2D eigenvalue weighted by atomic mass is 9.87. The van der Waals surface area contributed by atoms with Crippen molar-refractivity contribution in [3.8, 4) is 0 Å². The molecule has 3 rings (SSSR count). The Morgan fingerprint density at radius 2 is 2.26 bits per heavy atom. The van der Waals surface area contributed by atoms with E-state index in [4.69, 9.17) is 0 Å². The summed E-state index contributed by atoms with van der Waals surface area (Å²) in [5, 5.41) is 11.5. The van der Waals surface area contributed by atoms with E-state index in [1.165, 1.54) is 11.3 Å². The average molecular weight is 316 g/mol. The monoisotopic (exact) mass is 316 g/mol. The molecule has 23 heavy (non-hydrogen) atoms. The Labute approximate surface area is 136 Å². The molecular formula is C16H24N6O. The van der Waals surface area contributed by atoms with Crippen molar-refractivity contribution in [2.45, 2.75) is 31.8 Å². The van der Waals surface area contributed by atoms with Gasteiger partial charge in [0.15, 0.2) is 5.54 Å². The van der Waals surface area contributed by atoms with Crippen LogP contribution in [0.4, 0.5) is 0 Å². The second-order valence-corrected chi connectivity index (χ2v) is 6.25. The van der Waals surface area contributed by atoms with Gasteiger partial charge in [-0.25, -0.2) is 0 Å². The highest BCUT2D eigenvalue weighted by Gasteiger charge is 2.44. The molecule has 0 aliphatic carbocycles. The van der Waals surface area contributed by atoms with Gasteiger partial charge in [0, 0.05) is 50.8 Å². The van der Waals surface area contributed by atoms with Crippen molar-refractivity contribution in [2.24, 2.45) is 7.05 Å². The Balaban J connectivity index is 1.85. The number of carbonyl (C=O) groups excluding carboxylic acids is 1. The lowest BCUT2D eigenvalue weighted by Crippen LogP contribution is -2.57. The van der Waals surface area contributed by atoms with Crippen LogP contribution in [0.3, 0.4) is 0 Å². The molecule has 0 bridgehead atoms. The van der Waals surface area contributed by atoms with Gasteiger partial charge in [-0.3, -0.25) is 19.1 Å². The molecule has 0 spiro atoms. The Bertz CT molecular complexity index is 677. The summed E-state index contributed by atoms with van der Waals surface area (Å²) in [6, 6.07) is 1.87. The van der Waals surface area contributed by atoms with E-state index in [0.29, 0.717) is 6.54 Å². The zero-order valence-corrected chi connectivity index (χ0v) is 14.0. The third kappa shape index (κ3) is 2.76. The summed E-state index contributed by atoms with van der Waals surface area (Å²) < 4.78 is 3.70. The smallest absolute Gasteiger partial charge is 0.249 e. The molecular weight excluding hydrogens is 292 g/mol. The molecule has 0 radical (unpaired) electrons. The van der Waals surface area contributed by atoms with Gasteiger partial charge in [0.2, 0.25) is 5.91 Å². The van der Waals surface area contributed by atoms with E-state index in [9.17, 15) is 4.79 Å². The van der Waals surface area contributed by atoms with Crippen LogP contribution in [-0.4, -0.2) is 50.5 Å². The molecule has 1 aliphatic heterocycles. The maximum atomic E-state index is 12.6. The third-order valence-corrected chi connectivity index (χ3v) is 4.87. The fourth-order valence-corrected chi connectivity index (χ4v) is 3.43. The fourth-order valence-electron chi connectivity index (χ4n) is 3.43. The number of amides is 1. The number of aryl methyl sites for hydroxylation is 1. The first-order valence-electron chi connectivity index (χ1n) is 7.99. The summed E-state index contributed by atoms with van der Waals surface area (Å²) in [6.07, 6.45) is 7.30. The van der Waals surface area contributed by atoms with E-state index >= 15 is 0 Å². The number of likely N-dealkylation sites (N-methyl/N-ethyl adjacent to an activating group) is 1. The van der Waals surface area contributed by atoms with E-state index in [0.717, 1.165) is 25.9 Å². The van der Waals surface area contributed by atoms with Crippen molar-refractivity contribution < 1.29 is 4.79 Å². The van der Waals surface area contributed by atoms with Crippen LogP contribution in [0, 0.1) is 6.92 Å². The number of rotatable bonds is 4. The summed E-state index contributed by atoms with van der Waals surface area (Å²) in [7, 11) is 3.64. The second-order valence-electron chi connectivity index (χ2n) is 6.25. The largest absolute Gasteiger partial charge is 0.357 e. The lowest BCUT2D eigenvalue weighted by Gasteiger charge is -2.41. The number of piperidine rings is 1. The molecule has 1 aliphatic rings. The van der Waals surface area contributed by atoms with Crippen molar-refractivity contribution >= 4 is 5.91 Å². The van der Waals surface area contributed by atoms with E-state index in [1.54, 1.807) is 13.2 Å². The van der Waals surface area contributed by atoms with Crippen LogP contribution in [-0.2, 0) is 23.9 Å². The SMILES string of the molecule is CNC(=O)C1(n2cccn2)CCCN(Cc2cnn(C)c2C)C1. The molecule has 1 fully saturated rings. The van der Waals surface area contributed by atoms with Gasteiger partial charge in [-0.2, -0.15) is 10.2 Å². The fraction of sp³-hybridized carbons (Fsp3) is 0.562. The van der Waals surface area contributed by atoms with Gasteiger partial charge in [0.25, 0.3) is 0 Å². The Kier molecular flexibility index (Phi) is 4.21. The zero-order valence-electron chi connectivity index (χ0n) is 14.0. The van der Waals surface area contributed by atoms with E-state index in [2.05, 4.69) is 27.3 Å². The summed E-state index contributed by atoms with van der Waals surface area (Å²) in [5.74, 6) is 0.0220. The molecule has 1 N–H and O–H groups in total. The van der Waals surface area contributed by atoms with Gasteiger partial charge in [-0.05, 0) is 32.4 Å². The molecule has 2 aromatic heterocycles. The lowest BCUT2D eigenvalue weighted by molar-refractivity contribution is -0.133. The van der Waals surface area contributed by atoms with Crippen molar-refractivity contribution in [3.63, 3.8) is 0 Å². The van der Waals surface area contributed by atoms with Gasteiger partial charge in [0.05, 0.1) is 6.20 Å². The molecule has 1 atom stereocenters. The molecule has 0 aromatic carbocycles. The maximum Gasteiger partial charge on any atom is 0.249 e. The third-order valence-electron chi connectivity index (χ3n) is 4.87. The van der Waals surface area contributed by atoms with Gasteiger partial charge in [-0.1, -0.05) is 0 Å². The zero-order chi connectivity index (χ0) is 16.4. The summed E-state index contributed by atoms with van der Waals surface area (Å²) in [4.78, 5) is 15.0. The van der Waals surface area contributed by atoms with E-state index in [-0.39, 0.29) is 5.91 Å². The second kappa shape index (κ2) is 6.16. The molecule has 0 saturated carbocycles. The molecule has 1 saturated heterocycles. The minimum Gasteiger partial charge on any atom is -0.357 e. The number of hydrogen-bond acceptors (Lipinski definition) is 4. The molecule has 2 aromatic rings. The van der Waals surface area contributed by atoms with E-state index < -0.39 is 5.54 Å². The Morgan fingerprint density at radius 1 is 1.43 bits per heavy atom. The highest BCUT2D eigenvalue weighted by molar-refractivity contribution is 5.84. The van der Waals surface area contributed by atoms with Gasteiger partial charge in [-0.15, -0.1) is 0 Å². The van der Waals surface area contributed by atoms with Crippen molar-refractivity contribution in [1.82, 2.24) is 29.8 Å². The maximum absolute atomic E-state index is 12.6. The van der Waals surface area contributed by atoms with Crippen LogP contribution in [0.2, 0.25) is 0 Å². The van der Waals surface area contributed by atoms with Crippen LogP contribution in [0.1, 0.15) is 24.1 Å². The molecule has 7 heteroatoms. The van der Waals surface area contributed by atoms with Gasteiger partial charge in [0.1, 0.15) is 0 Å². The first-order valence-corrected chi connectivity index (χ1v) is 7.99. The van der Waals surface area contributed by atoms with Crippen LogP contribution in [0.15, 0.2) is 24.7 Å². The van der Waals surface area contributed by atoms with Crippen LogP contribution in [0.5, 0.6) is 0 Å². The number of hydrogen-bond donors (Lipinski definition) is 1.